The van der Waals surface area contributed by atoms with Gasteiger partial charge in [-0.15, -0.1) is 0 Å². The summed E-state index contributed by atoms with van der Waals surface area (Å²) < 4.78 is 2.47. The highest BCUT2D eigenvalue weighted by molar-refractivity contribution is 5.75. The summed E-state index contributed by atoms with van der Waals surface area (Å²) in [6.07, 6.45) is 0. The van der Waals surface area contributed by atoms with Crippen molar-refractivity contribution in [2.24, 2.45) is 5.92 Å². The lowest BCUT2D eigenvalue weighted by Gasteiger charge is -2.27. The number of rotatable bonds is 2. The topological polar surface area (TPSA) is 6.25 Å². The van der Waals surface area contributed by atoms with E-state index in [1.807, 2.05) is 0 Å². The lowest BCUT2D eigenvalue weighted by atomic mass is 10.1. The van der Waals surface area contributed by atoms with E-state index in [4.69, 9.17) is 0 Å². The first kappa shape index (κ1) is 9.56. The van der Waals surface area contributed by atoms with Crippen molar-refractivity contribution in [3.8, 4) is 0 Å². The molecule has 2 nitrogen and oxygen atoms in total. The number of hydrogen-bond donors (Lipinski definition) is 0. The van der Waals surface area contributed by atoms with Gasteiger partial charge in [-0.3, -0.25) is 9.48 Å². The summed E-state index contributed by atoms with van der Waals surface area (Å²) in [5, 5.41) is 0. The quantitative estimate of drug-likeness (QED) is 0.566. The molecule has 0 N–H and O–H groups in total. The fraction of sp³-hybridized carbons (Fsp3) is 0.900. The van der Waals surface area contributed by atoms with Gasteiger partial charge in [0.15, 0.2) is 0 Å². The van der Waals surface area contributed by atoms with E-state index in [2.05, 4.69) is 37.2 Å². The van der Waals surface area contributed by atoms with Crippen LogP contribution >= 0.6 is 0 Å². The van der Waals surface area contributed by atoms with Gasteiger partial charge in [0.05, 0.1) is 26.2 Å². The molecule has 12 heavy (non-hydrogen) atoms. The average molecular weight is 169 g/mol. The predicted octanol–water partition coefficient (Wildman–Crippen LogP) is 1.41. The Hall–Kier alpha value is -0.530. The summed E-state index contributed by atoms with van der Waals surface area (Å²) in [4.78, 5) is 2.47. The summed E-state index contributed by atoms with van der Waals surface area (Å²) in [5.74, 6) is 2.27. The van der Waals surface area contributed by atoms with Crippen LogP contribution < -0.4 is 0 Å². The Labute approximate surface area is 75.9 Å². The Morgan fingerprint density at radius 3 is 2.67 bits per heavy atom. The minimum Gasteiger partial charge on any atom is -0.266 e. The highest BCUT2D eigenvalue weighted by atomic mass is 15.3. The molecule has 1 heterocycles. The van der Waals surface area contributed by atoms with Crippen molar-refractivity contribution < 1.29 is 4.58 Å². The molecule has 1 atom stereocenters. The zero-order chi connectivity index (χ0) is 9.14. The minimum atomic E-state index is 0.814. The van der Waals surface area contributed by atoms with E-state index in [0.717, 1.165) is 19.0 Å². The van der Waals surface area contributed by atoms with Crippen LogP contribution in [0.25, 0.3) is 0 Å². The Bertz CT molecular complexity index is 184. The van der Waals surface area contributed by atoms with Crippen LogP contribution in [0.5, 0.6) is 0 Å². The molecule has 0 amide bonds. The van der Waals surface area contributed by atoms with Crippen LogP contribution in [0.1, 0.15) is 27.7 Å². The van der Waals surface area contributed by atoms with Crippen molar-refractivity contribution in [2.45, 2.75) is 27.7 Å². The fourth-order valence-electron chi connectivity index (χ4n) is 1.99. The van der Waals surface area contributed by atoms with E-state index in [1.54, 1.807) is 0 Å². The van der Waals surface area contributed by atoms with E-state index in [-0.39, 0.29) is 0 Å². The first-order valence-corrected chi connectivity index (χ1v) is 5.02. The number of nitrogens with zero attached hydrogens (tertiary/aromatic N) is 2. The van der Waals surface area contributed by atoms with E-state index in [9.17, 15) is 0 Å². The highest BCUT2D eigenvalue weighted by Crippen LogP contribution is 2.08. The molecule has 0 saturated carbocycles. The van der Waals surface area contributed by atoms with Gasteiger partial charge in [-0.05, 0) is 13.8 Å². The first-order valence-electron chi connectivity index (χ1n) is 5.02. The molecular formula is C10H21N2+. The summed E-state index contributed by atoms with van der Waals surface area (Å²) in [6.45, 7) is 13.8. The summed E-state index contributed by atoms with van der Waals surface area (Å²) in [5.41, 5.74) is 0. The molecule has 0 radical (unpaired) electrons. The van der Waals surface area contributed by atoms with Gasteiger partial charge in [0.2, 0.25) is 5.84 Å². The van der Waals surface area contributed by atoms with E-state index in [1.165, 1.54) is 18.9 Å². The molecule has 0 aliphatic carbocycles. The zero-order valence-electron chi connectivity index (χ0n) is 8.80. The zero-order valence-corrected chi connectivity index (χ0v) is 8.80. The standard InChI is InChI=1S/C10H21N2/c1-5-11-7-9(3)8-12(6-2)10(11)4/h9H,5-8H2,1-4H3/q+1. The maximum Gasteiger partial charge on any atom is 0.243 e. The van der Waals surface area contributed by atoms with Crippen LogP contribution in [0.3, 0.4) is 0 Å². The van der Waals surface area contributed by atoms with Crippen LogP contribution in [-0.2, 0) is 0 Å². The molecule has 70 valence electrons. The second kappa shape index (κ2) is 3.92. The van der Waals surface area contributed by atoms with Gasteiger partial charge in [0, 0.05) is 12.8 Å². The number of hydrogen-bond acceptors (Lipinski definition) is 1. The first-order chi connectivity index (χ1) is 5.69. The largest absolute Gasteiger partial charge is 0.266 e. The lowest BCUT2D eigenvalue weighted by molar-refractivity contribution is -0.542. The lowest BCUT2D eigenvalue weighted by Crippen LogP contribution is -2.46. The smallest absolute Gasteiger partial charge is 0.243 e. The Morgan fingerprint density at radius 1 is 1.50 bits per heavy atom. The maximum absolute atomic E-state index is 2.47. The molecule has 0 aromatic rings. The molecule has 0 bridgehead atoms. The Morgan fingerprint density at radius 2 is 2.17 bits per heavy atom. The molecule has 0 aromatic heterocycles. The predicted molar refractivity (Wildman–Crippen MR) is 52.8 cm³/mol. The van der Waals surface area contributed by atoms with Crippen LogP contribution in [0.4, 0.5) is 0 Å². The van der Waals surface area contributed by atoms with Crippen molar-refractivity contribution in [2.75, 3.05) is 26.2 Å². The molecule has 0 aromatic carbocycles. The summed E-state index contributed by atoms with van der Waals surface area (Å²) >= 11 is 0. The summed E-state index contributed by atoms with van der Waals surface area (Å²) in [7, 11) is 0. The van der Waals surface area contributed by atoms with Gasteiger partial charge in [-0.25, -0.2) is 0 Å². The Kier molecular flexibility index (Phi) is 3.12. The van der Waals surface area contributed by atoms with Crippen LogP contribution in [-0.4, -0.2) is 41.5 Å². The second-order valence-corrected chi connectivity index (χ2v) is 3.73. The fourth-order valence-corrected chi connectivity index (χ4v) is 1.99. The molecule has 0 saturated heterocycles. The van der Waals surface area contributed by atoms with Crippen LogP contribution in [0, 0.1) is 5.92 Å². The third kappa shape index (κ3) is 1.79. The van der Waals surface area contributed by atoms with Crippen LogP contribution in [0.15, 0.2) is 0 Å². The van der Waals surface area contributed by atoms with Gasteiger partial charge in [-0.2, -0.15) is 0 Å². The molecule has 0 fully saturated rings. The van der Waals surface area contributed by atoms with Crippen LogP contribution in [0.2, 0.25) is 0 Å². The minimum absolute atomic E-state index is 0.814. The molecule has 1 aliphatic rings. The van der Waals surface area contributed by atoms with E-state index in [0.29, 0.717) is 0 Å². The van der Waals surface area contributed by atoms with Gasteiger partial charge in [0.1, 0.15) is 0 Å². The second-order valence-electron chi connectivity index (χ2n) is 3.73. The Balaban J connectivity index is 2.78. The highest BCUT2D eigenvalue weighted by Gasteiger charge is 2.25. The SMILES string of the molecule is CCN1CC(C)C[N+](CC)=C1C. The monoisotopic (exact) mass is 169 g/mol. The third-order valence-corrected chi connectivity index (χ3v) is 2.74. The van der Waals surface area contributed by atoms with Gasteiger partial charge >= 0.3 is 0 Å². The third-order valence-electron chi connectivity index (χ3n) is 2.74. The molecule has 0 spiro atoms. The summed E-state index contributed by atoms with van der Waals surface area (Å²) in [6, 6.07) is 0. The molecular weight excluding hydrogens is 148 g/mol. The maximum atomic E-state index is 2.47. The molecule has 1 unspecified atom stereocenters. The normalized spacial score (nSPS) is 25.0. The van der Waals surface area contributed by atoms with Gasteiger partial charge in [0.25, 0.3) is 0 Å². The van der Waals surface area contributed by atoms with Gasteiger partial charge in [-0.1, -0.05) is 6.92 Å². The average Bonchev–Trinajstić information content (AvgIpc) is 2.08. The van der Waals surface area contributed by atoms with E-state index >= 15 is 0 Å². The van der Waals surface area contributed by atoms with Crippen molar-refractivity contribution in [3.05, 3.63) is 0 Å². The van der Waals surface area contributed by atoms with Crippen molar-refractivity contribution >= 4 is 5.84 Å². The molecule has 1 rings (SSSR count). The molecule has 2 heteroatoms. The van der Waals surface area contributed by atoms with Crippen molar-refractivity contribution in [1.29, 1.82) is 0 Å². The molecule has 1 aliphatic heterocycles. The van der Waals surface area contributed by atoms with E-state index < -0.39 is 0 Å². The number of amidine groups is 1. The van der Waals surface area contributed by atoms with Crippen molar-refractivity contribution in [1.82, 2.24) is 4.90 Å². The van der Waals surface area contributed by atoms with Gasteiger partial charge < -0.3 is 0 Å². The van der Waals surface area contributed by atoms with Crippen molar-refractivity contribution in [3.63, 3.8) is 0 Å².